The number of Topliss-reactive ketones (excluding diaryl/α,β-unsaturated/α-hetero) is 1. The van der Waals surface area contributed by atoms with Crippen LogP contribution in [0.1, 0.15) is 25.0 Å². The lowest BCUT2D eigenvalue weighted by Crippen LogP contribution is -2.42. The van der Waals surface area contributed by atoms with Crippen molar-refractivity contribution in [2.24, 2.45) is 0 Å². The average Bonchev–Trinajstić information content (AvgIpc) is 2.72. The molecule has 2 heterocycles. The van der Waals surface area contributed by atoms with Crippen LogP contribution in [0, 0.1) is 0 Å². The lowest BCUT2D eigenvalue weighted by molar-refractivity contribution is -0.121. The molecular formula is C23H30ClNO5. The number of benzene rings is 2. The van der Waals surface area contributed by atoms with E-state index in [9.17, 15) is 4.79 Å². The van der Waals surface area contributed by atoms with E-state index in [2.05, 4.69) is 19.2 Å². The fourth-order valence-corrected chi connectivity index (χ4v) is 3.60. The van der Waals surface area contributed by atoms with Gasteiger partial charge in [-0.1, -0.05) is 26.0 Å². The van der Waals surface area contributed by atoms with Crippen molar-refractivity contribution in [3.63, 3.8) is 0 Å². The monoisotopic (exact) mass is 435 g/mol. The molecule has 0 aliphatic carbocycles. The van der Waals surface area contributed by atoms with Crippen LogP contribution in [0.25, 0.3) is 0 Å². The molecule has 1 unspecified atom stereocenters. The summed E-state index contributed by atoms with van der Waals surface area (Å²) in [5, 5.41) is 3.49. The summed E-state index contributed by atoms with van der Waals surface area (Å²) < 4.78 is 21.5. The molecule has 2 aliphatic heterocycles. The molecular weight excluding hydrogens is 406 g/mol. The molecule has 0 saturated heterocycles. The first kappa shape index (κ1) is 23.8. The number of ether oxygens (including phenoxy) is 4. The molecule has 164 valence electrons. The summed E-state index contributed by atoms with van der Waals surface area (Å²) in [5.41, 5.74) is 2.04. The third-order valence-corrected chi connectivity index (χ3v) is 4.84. The van der Waals surface area contributed by atoms with Gasteiger partial charge >= 0.3 is 0 Å². The Morgan fingerprint density at radius 2 is 1.57 bits per heavy atom. The highest BCUT2D eigenvalue weighted by molar-refractivity contribution is 5.85. The molecule has 1 atom stereocenters. The van der Waals surface area contributed by atoms with Gasteiger partial charge in [0.2, 0.25) is 0 Å². The Balaban J connectivity index is 0.000000211. The summed E-state index contributed by atoms with van der Waals surface area (Å²) >= 11 is 0. The fraction of sp³-hybridized carbons (Fsp3) is 0.435. The summed E-state index contributed by atoms with van der Waals surface area (Å²) in [7, 11) is 3.30. The molecule has 0 bridgehead atoms. The van der Waals surface area contributed by atoms with E-state index in [4.69, 9.17) is 18.9 Å². The van der Waals surface area contributed by atoms with E-state index in [1.165, 1.54) is 5.56 Å². The summed E-state index contributed by atoms with van der Waals surface area (Å²) in [4.78, 5) is 11.1. The molecule has 2 aromatic rings. The number of nitrogens with one attached hydrogen (secondary N) is 1. The molecule has 30 heavy (non-hydrogen) atoms. The Morgan fingerprint density at radius 3 is 2.17 bits per heavy atom. The number of rotatable bonds is 4. The molecule has 2 aliphatic rings. The minimum absolute atomic E-state index is 0. The van der Waals surface area contributed by atoms with Gasteiger partial charge in [-0.2, -0.15) is 0 Å². The van der Waals surface area contributed by atoms with Crippen LogP contribution in [-0.2, 0) is 17.6 Å². The summed E-state index contributed by atoms with van der Waals surface area (Å²) in [6, 6.07) is 12.4. The van der Waals surface area contributed by atoms with Crippen LogP contribution >= 0.6 is 12.4 Å². The van der Waals surface area contributed by atoms with Gasteiger partial charge in [0.15, 0.2) is 5.78 Å². The Kier molecular flexibility index (Phi) is 8.81. The number of halogens is 1. The smallest absolute Gasteiger partial charge is 0.174 e. The van der Waals surface area contributed by atoms with Crippen LogP contribution < -0.4 is 24.3 Å². The van der Waals surface area contributed by atoms with Crippen molar-refractivity contribution in [3.8, 4) is 23.0 Å². The van der Waals surface area contributed by atoms with Gasteiger partial charge in [0.05, 0.1) is 14.2 Å². The zero-order chi connectivity index (χ0) is 20.8. The Morgan fingerprint density at radius 1 is 0.967 bits per heavy atom. The van der Waals surface area contributed by atoms with Crippen LogP contribution in [0.3, 0.4) is 0 Å². The molecule has 6 nitrogen and oxygen atoms in total. The zero-order valence-corrected chi connectivity index (χ0v) is 18.7. The first-order valence-corrected chi connectivity index (χ1v) is 9.87. The van der Waals surface area contributed by atoms with E-state index in [0.717, 1.165) is 41.6 Å². The number of hydrogen-bond donors (Lipinski definition) is 1. The first-order valence-electron chi connectivity index (χ1n) is 9.87. The molecule has 0 spiro atoms. The average molecular weight is 436 g/mol. The number of hydrogen-bond acceptors (Lipinski definition) is 6. The third kappa shape index (κ3) is 5.80. The molecule has 7 heteroatoms. The maximum Gasteiger partial charge on any atom is 0.174 e. The molecule has 2 aromatic carbocycles. The van der Waals surface area contributed by atoms with Gasteiger partial charge in [-0.05, 0) is 30.7 Å². The highest BCUT2D eigenvalue weighted by Gasteiger charge is 2.23. The van der Waals surface area contributed by atoms with Crippen molar-refractivity contribution in [1.82, 2.24) is 5.32 Å². The van der Waals surface area contributed by atoms with Gasteiger partial charge in [-0.3, -0.25) is 4.79 Å². The minimum Gasteiger partial charge on any atom is -0.496 e. The van der Waals surface area contributed by atoms with Crippen molar-refractivity contribution in [2.75, 3.05) is 27.4 Å². The first-order chi connectivity index (χ1) is 14.0. The Bertz CT molecular complexity index is 827. The van der Waals surface area contributed by atoms with E-state index < -0.39 is 0 Å². The summed E-state index contributed by atoms with van der Waals surface area (Å²) in [6.07, 6.45) is 1.39. The SMILES string of the molecule is COc1cccc2c1CC(=O)CO2.COc1cccc2c1CC(NC(C)C)CO2.Cl. The standard InChI is InChI=1S/C13H19NO2.C10H10O3.ClH/c1-9(2)14-10-7-11-12(15-3)5-4-6-13(11)16-8-10;1-12-9-3-2-4-10-8(9)5-7(11)6-13-10;/h4-6,9-10,14H,7-8H2,1-3H3;2-4H,5-6H2,1H3;1H. The lowest BCUT2D eigenvalue weighted by atomic mass is 10.0. The number of carbonyl (C=O) groups excluding carboxylic acids is 1. The minimum atomic E-state index is 0. The van der Waals surface area contributed by atoms with Gasteiger partial charge in [0.25, 0.3) is 0 Å². The molecule has 1 N–H and O–H groups in total. The van der Waals surface area contributed by atoms with Gasteiger partial charge in [-0.25, -0.2) is 0 Å². The van der Waals surface area contributed by atoms with Crippen LogP contribution in [0.5, 0.6) is 23.0 Å². The Hall–Kier alpha value is -2.44. The molecule has 0 saturated carbocycles. The summed E-state index contributed by atoms with van der Waals surface area (Å²) in [5.74, 6) is 3.47. The maximum absolute atomic E-state index is 11.1. The van der Waals surface area contributed by atoms with Crippen molar-refractivity contribution in [2.45, 2.75) is 38.8 Å². The second-order valence-electron chi connectivity index (χ2n) is 7.41. The quantitative estimate of drug-likeness (QED) is 0.791. The zero-order valence-electron chi connectivity index (χ0n) is 17.9. The van der Waals surface area contributed by atoms with Crippen molar-refractivity contribution in [1.29, 1.82) is 0 Å². The van der Waals surface area contributed by atoms with Crippen LogP contribution in [0.15, 0.2) is 36.4 Å². The number of carbonyl (C=O) groups is 1. The van der Waals surface area contributed by atoms with Crippen molar-refractivity contribution in [3.05, 3.63) is 47.5 Å². The normalized spacial score (nSPS) is 16.6. The summed E-state index contributed by atoms with van der Waals surface area (Å²) in [6.45, 7) is 5.22. The van der Waals surface area contributed by atoms with E-state index in [1.807, 2.05) is 36.4 Å². The number of methoxy groups -OCH3 is 2. The molecule has 0 radical (unpaired) electrons. The molecule has 4 rings (SSSR count). The topological polar surface area (TPSA) is 66.0 Å². The predicted molar refractivity (Wildman–Crippen MR) is 119 cm³/mol. The fourth-order valence-electron chi connectivity index (χ4n) is 3.60. The van der Waals surface area contributed by atoms with Gasteiger partial charge < -0.3 is 24.3 Å². The highest BCUT2D eigenvalue weighted by Crippen LogP contribution is 2.33. The lowest BCUT2D eigenvalue weighted by Gasteiger charge is -2.28. The van der Waals surface area contributed by atoms with E-state index in [0.29, 0.717) is 18.5 Å². The highest BCUT2D eigenvalue weighted by atomic mass is 35.5. The van der Waals surface area contributed by atoms with Crippen molar-refractivity contribution >= 4 is 18.2 Å². The molecule has 0 amide bonds. The number of fused-ring (bicyclic) bond motifs is 2. The predicted octanol–water partition coefficient (Wildman–Crippen LogP) is 3.62. The van der Waals surface area contributed by atoms with Crippen LogP contribution in [0.4, 0.5) is 0 Å². The van der Waals surface area contributed by atoms with E-state index >= 15 is 0 Å². The van der Waals surface area contributed by atoms with E-state index in [-0.39, 0.29) is 24.8 Å². The van der Waals surface area contributed by atoms with E-state index in [1.54, 1.807) is 14.2 Å². The number of ketones is 1. The van der Waals surface area contributed by atoms with Gasteiger partial charge in [0.1, 0.15) is 36.2 Å². The molecule has 0 fully saturated rings. The van der Waals surface area contributed by atoms with Gasteiger partial charge in [0, 0.05) is 29.6 Å². The maximum atomic E-state index is 11.1. The molecule has 0 aromatic heterocycles. The van der Waals surface area contributed by atoms with Crippen LogP contribution in [0.2, 0.25) is 0 Å². The largest absolute Gasteiger partial charge is 0.496 e. The second kappa shape index (κ2) is 11.1. The van der Waals surface area contributed by atoms with Gasteiger partial charge in [-0.15, -0.1) is 12.4 Å². The third-order valence-electron chi connectivity index (χ3n) is 4.84. The van der Waals surface area contributed by atoms with Crippen molar-refractivity contribution < 1.29 is 23.7 Å². The van der Waals surface area contributed by atoms with Crippen LogP contribution in [-0.4, -0.2) is 45.3 Å². The second-order valence-corrected chi connectivity index (χ2v) is 7.41. The Labute approximate surface area is 184 Å².